The van der Waals surface area contributed by atoms with Gasteiger partial charge in [-0.3, -0.25) is 19.7 Å². The summed E-state index contributed by atoms with van der Waals surface area (Å²) in [5.74, 6) is -0.454. The number of nitrogens with two attached hydrogens (primary N) is 2. The second-order valence-corrected chi connectivity index (χ2v) is 11.5. The van der Waals surface area contributed by atoms with Crippen LogP contribution < -0.4 is 16.8 Å². The molecule has 2 unspecified atom stereocenters. The number of hydrogen-bond donors (Lipinski definition) is 4. The minimum Gasteiger partial charge on any atom is -0.508 e. The summed E-state index contributed by atoms with van der Waals surface area (Å²) in [7, 11) is 0. The fourth-order valence-corrected chi connectivity index (χ4v) is 6.87. The predicted octanol–water partition coefficient (Wildman–Crippen LogP) is 4.49. The standard InChI is InChI=1S/C31H43N5O5/c1-2-7-26-27(10-6-19-32)31(26,30(39)34-22-13-15-24(16-14-22)36(40)41)35(23-8-4-3-5-9-23)29(38)28(33)20-21-11-17-25(37)18-12-21/h11-18,23,26-28,37H,2-10,19-20,32-33H2,1H3,(H,34,39)/t26?,27?,28-,31-/m0/s1. The smallest absolute Gasteiger partial charge is 0.269 e. The highest BCUT2D eigenvalue weighted by Gasteiger charge is 2.73. The molecule has 4 atom stereocenters. The first-order valence-electron chi connectivity index (χ1n) is 14.9. The largest absolute Gasteiger partial charge is 0.508 e. The van der Waals surface area contributed by atoms with Gasteiger partial charge >= 0.3 is 0 Å². The molecular weight excluding hydrogens is 522 g/mol. The summed E-state index contributed by atoms with van der Waals surface area (Å²) in [6.07, 6.45) is 8.07. The molecule has 0 spiro atoms. The van der Waals surface area contributed by atoms with Gasteiger partial charge in [-0.2, -0.15) is 0 Å². The van der Waals surface area contributed by atoms with Crippen molar-refractivity contribution in [1.29, 1.82) is 0 Å². The van der Waals surface area contributed by atoms with Gasteiger partial charge in [-0.05, 0) is 86.7 Å². The molecule has 2 saturated carbocycles. The number of nitro benzene ring substituents is 1. The van der Waals surface area contributed by atoms with E-state index in [2.05, 4.69) is 12.2 Å². The predicted molar refractivity (Wildman–Crippen MR) is 158 cm³/mol. The molecule has 2 aromatic carbocycles. The van der Waals surface area contributed by atoms with Crippen LogP contribution in [0.25, 0.3) is 0 Å². The lowest BCUT2D eigenvalue weighted by Gasteiger charge is -2.42. The van der Waals surface area contributed by atoms with E-state index >= 15 is 0 Å². The molecule has 2 aliphatic rings. The van der Waals surface area contributed by atoms with Gasteiger partial charge in [-0.15, -0.1) is 0 Å². The molecule has 2 aromatic rings. The molecule has 10 nitrogen and oxygen atoms in total. The van der Waals surface area contributed by atoms with E-state index < -0.39 is 16.5 Å². The second-order valence-electron chi connectivity index (χ2n) is 11.5. The van der Waals surface area contributed by atoms with E-state index in [0.29, 0.717) is 12.2 Å². The zero-order chi connectivity index (χ0) is 29.6. The number of amides is 2. The number of carbonyl (C=O) groups is 2. The number of nitro groups is 1. The Morgan fingerprint density at radius 2 is 1.71 bits per heavy atom. The first kappa shape index (κ1) is 30.5. The lowest BCUT2D eigenvalue weighted by molar-refractivity contribution is -0.384. The van der Waals surface area contributed by atoms with E-state index in [1.165, 1.54) is 24.3 Å². The maximum absolute atomic E-state index is 14.4. The monoisotopic (exact) mass is 565 g/mol. The second kappa shape index (κ2) is 13.4. The van der Waals surface area contributed by atoms with E-state index in [1.54, 1.807) is 24.3 Å². The van der Waals surface area contributed by atoms with Crippen molar-refractivity contribution in [2.24, 2.45) is 23.3 Å². The molecule has 2 amide bonds. The van der Waals surface area contributed by atoms with Gasteiger partial charge in [0.05, 0.1) is 11.0 Å². The molecule has 0 aromatic heterocycles. The maximum Gasteiger partial charge on any atom is 0.269 e. The molecule has 4 rings (SSSR count). The number of rotatable bonds is 13. The summed E-state index contributed by atoms with van der Waals surface area (Å²) in [5, 5.41) is 23.9. The molecule has 41 heavy (non-hydrogen) atoms. The minimum atomic E-state index is -1.07. The number of hydrogen-bond acceptors (Lipinski definition) is 7. The number of nitrogens with zero attached hydrogens (tertiary/aromatic N) is 2. The Kier molecular flexibility index (Phi) is 9.99. The number of non-ortho nitro benzene ring substituents is 1. The normalized spacial score (nSPS) is 23.0. The number of benzene rings is 2. The number of nitrogens with one attached hydrogen (secondary N) is 1. The molecule has 2 fully saturated rings. The Morgan fingerprint density at radius 3 is 2.29 bits per heavy atom. The van der Waals surface area contributed by atoms with Crippen LogP contribution in [-0.2, 0) is 16.0 Å². The molecule has 6 N–H and O–H groups in total. The van der Waals surface area contributed by atoms with Gasteiger partial charge in [-0.1, -0.05) is 44.7 Å². The molecule has 0 saturated heterocycles. The SMILES string of the molecule is CCCC1C(CCCN)[C@@]1(C(=O)Nc1ccc([N+](=O)[O-])cc1)N(C(=O)[C@@H](N)Cc1ccc(O)cc1)C1CCCCC1. The number of phenolic OH excluding ortho intramolecular Hbond substituents is 1. The summed E-state index contributed by atoms with van der Waals surface area (Å²) >= 11 is 0. The highest BCUT2D eigenvalue weighted by molar-refractivity contribution is 6.04. The third-order valence-corrected chi connectivity index (χ3v) is 8.81. The summed E-state index contributed by atoms with van der Waals surface area (Å²) in [6, 6.07) is 11.5. The summed E-state index contributed by atoms with van der Waals surface area (Å²) in [5.41, 5.74) is 12.7. The fourth-order valence-electron chi connectivity index (χ4n) is 6.87. The summed E-state index contributed by atoms with van der Waals surface area (Å²) < 4.78 is 0. The minimum absolute atomic E-state index is 0.0381. The Morgan fingerprint density at radius 1 is 1.07 bits per heavy atom. The quantitative estimate of drug-likeness (QED) is 0.205. The van der Waals surface area contributed by atoms with Crippen LogP contribution in [0.3, 0.4) is 0 Å². The van der Waals surface area contributed by atoms with Crippen molar-refractivity contribution in [2.75, 3.05) is 11.9 Å². The van der Waals surface area contributed by atoms with Crippen molar-refractivity contribution < 1.29 is 19.6 Å². The van der Waals surface area contributed by atoms with Crippen LogP contribution in [0.15, 0.2) is 48.5 Å². The van der Waals surface area contributed by atoms with Crippen molar-refractivity contribution in [2.45, 2.75) is 88.8 Å². The van der Waals surface area contributed by atoms with Gasteiger partial charge in [0.1, 0.15) is 11.3 Å². The highest BCUT2D eigenvalue weighted by Crippen LogP contribution is 2.61. The molecule has 10 heteroatoms. The molecule has 2 aliphatic carbocycles. The van der Waals surface area contributed by atoms with Crippen LogP contribution in [0, 0.1) is 22.0 Å². The van der Waals surface area contributed by atoms with Gasteiger partial charge < -0.3 is 26.8 Å². The van der Waals surface area contributed by atoms with Crippen LogP contribution in [-0.4, -0.2) is 50.9 Å². The van der Waals surface area contributed by atoms with E-state index in [1.807, 2.05) is 4.90 Å². The third kappa shape index (κ3) is 6.54. The van der Waals surface area contributed by atoms with E-state index in [-0.39, 0.29) is 47.5 Å². The first-order valence-corrected chi connectivity index (χ1v) is 14.9. The van der Waals surface area contributed by atoms with Crippen LogP contribution in [0.5, 0.6) is 5.75 Å². The lowest BCUT2D eigenvalue weighted by Crippen LogP contribution is -2.61. The zero-order valence-electron chi connectivity index (χ0n) is 23.8. The number of aromatic hydroxyl groups is 1. The molecule has 0 bridgehead atoms. The lowest BCUT2D eigenvalue weighted by atomic mass is 9.90. The average molecular weight is 566 g/mol. The van der Waals surface area contributed by atoms with Crippen molar-refractivity contribution in [3.8, 4) is 5.75 Å². The van der Waals surface area contributed by atoms with Crippen LogP contribution in [0.4, 0.5) is 11.4 Å². The third-order valence-electron chi connectivity index (χ3n) is 8.81. The molecule has 0 radical (unpaired) electrons. The van der Waals surface area contributed by atoms with Crippen LogP contribution in [0.2, 0.25) is 0 Å². The number of anilines is 1. The van der Waals surface area contributed by atoms with Gasteiger partial charge in [0.2, 0.25) is 5.91 Å². The van der Waals surface area contributed by atoms with Gasteiger partial charge in [0.15, 0.2) is 0 Å². The van der Waals surface area contributed by atoms with E-state index in [4.69, 9.17) is 11.5 Å². The van der Waals surface area contributed by atoms with Gasteiger partial charge in [-0.25, -0.2) is 0 Å². The fraction of sp³-hybridized carbons (Fsp3) is 0.548. The van der Waals surface area contributed by atoms with E-state index in [0.717, 1.165) is 63.4 Å². The topological polar surface area (TPSA) is 165 Å². The number of carbonyl (C=O) groups excluding carboxylic acids is 2. The van der Waals surface area contributed by atoms with Crippen molar-refractivity contribution in [3.05, 3.63) is 64.2 Å². The Hall–Kier alpha value is -3.50. The Bertz CT molecular complexity index is 1200. The van der Waals surface area contributed by atoms with E-state index in [9.17, 15) is 24.8 Å². The summed E-state index contributed by atoms with van der Waals surface area (Å²) in [6.45, 7) is 2.58. The van der Waals surface area contributed by atoms with Crippen LogP contribution >= 0.6 is 0 Å². The number of phenols is 1. The maximum atomic E-state index is 14.4. The van der Waals surface area contributed by atoms with Crippen molar-refractivity contribution in [1.82, 2.24) is 4.90 Å². The average Bonchev–Trinajstić information content (AvgIpc) is 3.60. The highest BCUT2D eigenvalue weighted by atomic mass is 16.6. The zero-order valence-corrected chi connectivity index (χ0v) is 23.8. The molecule has 0 heterocycles. The first-order chi connectivity index (χ1) is 19.7. The molecular formula is C31H43N5O5. The Labute approximate surface area is 241 Å². The summed E-state index contributed by atoms with van der Waals surface area (Å²) in [4.78, 5) is 41.4. The molecule has 222 valence electrons. The van der Waals surface area contributed by atoms with Crippen molar-refractivity contribution >= 4 is 23.2 Å². The van der Waals surface area contributed by atoms with Gasteiger partial charge in [0, 0.05) is 23.9 Å². The van der Waals surface area contributed by atoms with Gasteiger partial charge in [0.25, 0.3) is 11.6 Å². The molecule has 0 aliphatic heterocycles. The Balaban J connectivity index is 1.73. The van der Waals surface area contributed by atoms with Crippen molar-refractivity contribution in [3.63, 3.8) is 0 Å². The van der Waals surface area contributed by atoms with Crippen LogP contribution in [0.1, 0.15) is 70.3 Å².